The molecule has 2 aromatic carbocycles. The van der Waals surface area contributed by atoms with Crippen LogP contribution < -0.4 is 0 Å². The second kappa shape index (κ2) is 12.5. The normalized spacial score (nSPS) is 22.4. The minimum atomic E-state index is -1.60. The molecule has 5 rings (SSSR count). The molecule has 1 aliphatic heterocycles. The molecule has 0 amide bonds. The number of hydrogen-bond acceptors (Lipinski definition) is 8. The topological polar surface area (TPSA) is 109 Å². The molecule has 1 saturated heterocycles. The summed E-state index contributed by atoms with van der Waals surface area (Å²) >= 11 is 12.8. The van der Waals surface area contributed by atoms with Crippen LogP contribution in [0.5, 0.6) is 0 Å². The predicted octanol–water partition coefficient (Wildman–Crippen LogP) is 4.82. The largest absolute Gasteiger partial charge is 0.394 e. The Morgan fingerprint density at radius 1 is 1.14 bits per heavy atom. The highest BCUT2D eigenvalue weighted by atomic mass is 35.5. The van der Waals surface area contributed by atoms with Gasteiger partial charge in [0, 0.05) is 17.7 Å². The number of halogens is 5. The zero-order valence-corrected chi connectivity index (χ0v) is 23.8. The number of aliphatic hydroxyl groups excluding tert-OH is 1. The lowest BCUT2D eigenvalue weighted by atomic mass is 9.91. The SMILES string of the molecule is C=CCOC1C(c2nc(C)nn2-c2cc(Cl)ccc2Cl)OC(CO)C(OC)C1n1cc(-c2cc(F)c(F)c(F)c2)nn1. The zero-order chi connectivity index (χ0) is 30.1. The molecule has 1 N–H and O–H groups in total. The van der Waals surface area contributed by atoms with Gasteiger partial charge in [0.05, 0.1) is 30.1 Å². The molecule has 0 radical (unpaired) electrons. The number of aromatic nitrogens is 6. The van der Waals surface area contributed by atoms with Gasteiger partial charge in [-0.1, -0.05) is 34.5 Å². The van der Waals surface area contributed by atoms with Gasteiger partial charge in [-0.25, -0.2) is 27.5 Å². The van der Waals surface area contributed by atoms with Crippen LogP contribution >= 0.6 is 23.2 Å². The minimum Gasteiger partial charge on any atom is -0.394 e. The van der Waals surface area contributed by atoms with E-state index in [2.05, 4.69) is 27.0 Å². The lowest BCUT2D eigenvalue weighted by Crippen LogP contribution is -2.54. The summed E-state index contributed by atoms with van der Waals surface area (Å²) in [5.41, 5.74) is 0.446. The first-order chi connectivity index (χ1) is 20.2. The Balaban J connectivity index is 1.64. The second-order valence-corrected chi connectivity index (χ2v) is 10.3. The van der Waals surface area contributed by atoms with Crippen LogP contribution in [0.25, 0.3) is 16.9 Å². The van der Waals surface area contributed by atoms with Crippen LogP contribution in [0.4, 0.5) is 13.2 Å². The summed E-state index contributed by atoms with van der Waals surface area (Å²) < 4.78 is 62.7. The molecule has 1 fully saturated rings. The molecule has 5 unspecified atom stereocenters. The van der Waals surface area contributed by atoms with E-state index in [1.807, 2.05) is 0 Å². The Kier molecular flexibility index (Phi) is 8.97. The van der Waals surface area contributed by atoms with Crippen LogP contribution in [0.3, 0.4) is 0 Å². The molecule has 0 aliphatic carbocycles. The van der Waals surface area contributed by atoms with Crippen molar-refractivity contribution in [2.45, 2.75) is 37.4 Å². The van der Waals surface area contributed by atoms with Gasteiger partial charge in [0.15, 0.2) is 23.3 Å². The van der Waals surface area contributed by atoms with Crippen molar-refractivity contribution < 1.29 is 32.5 Å². The van der Waals surface area contributed by atoms with Crippen LogP contribution in [0.2, 0.25) is 10.0 Å². The molecule has 3 heterocycles. The first-order valence-electron chi connectivity index (χ1n) is 12.6. The van der Waals surface area contributed by atoms with E-state index in [1.165, 1.54) is 28.7 Å². The summed E-state index contributed by atoms with van der Waals surface area (Å²) in [4.78, 5) is 4.60. The Hall–Kier alpha value is -3.33. The number of methoxy groups -OCH3 is 1. The van der Waals surface area contributed by atoms with Gasteiger partial charge < -0.3 is 19.3 Å². The molecular formula is C27H25Cl2F3N6O4. The summed E-state index contributed by atoms with van der Waals surface area (Å²) in [6, 6.07) is 5.67. The molecule has 4 aromatic rings. The summed E-state index contributed by atoms with van der Waals surface area (Å²) in [6.07, 6.45) is -0.704. The van der Waals surface area contributed by atoms with Gasteiger partial charge in [0.1, 0.15) is 42.0 Å². The fourth-order valence-corrected chi connectivity index (χ4v) is 5.30. The number of ether oxygens (including phenoxy) is 3. The molecule has 10 nitrogen and oxygen atoms in total. The summed E-state index contributed by atoms with van der Waals surface area (Å²) in [6.45, 7) is 5.03. The number of nitrogens with zero attached hydrogens (tertiary/aromatic N) is 6. The van der Waals surface area contributed by atoms with E-state index in [0.29, 0.717) is 21.6 Å². The van der Waals surface area contributed by atoms with Crippen LogP contribution in [0.15, 0.2) is 49.2 Å². The third-order valence-corrected chi connectivity index (χ3v) is 7.30. The van der Waals surface area contributed by atoms with E-state index in [-0.39, 0.29) is 23.7 Å². The van der Waals surface area contributed by atoms with Crippen molar-refractivity contribution in [2.75, 3.05) is 20.3 Å². The molecule has 0 saturated carbocycles. The Bertz CT molecular complexity index is 1580. The van der Waals surface area contributed by atoms with Gasteiger partial charge in [-0.05, 0) is 37.3 Å². The van der Waals surface area contributed by atoms with Crippen LogP contribution in [-0.4, -0.2) is 73.5 Å². The second-order valence-electron chi connectivity index (χ2n) is 9.42. The number of hydrogen-bond donors (Lipinski definition) is 1. The van der Waals surface area contributed by atoms with Crippen molar-refractivity contribution in [3.63, 3.8) is 0 Å². The van der Waals surface area contributed by atoms with Gasteiger partial charge in [-0.3, -0.25) is 0 Å². The van der Waals surface area contributed by atoms with Crippen molar-refractivity contribution in [1.29, 1.82) is 0 Å². The van der Waals surface area contributed by atoms with Gasteiger partial charge in [-0.2, -0.15) is 5.10 Å². The van der Waals surface area contributed by atoms with Gasteiger partial charge in [-0.15, -0.1) is 11.7 Å². The van der Waals surface area contributed by atoms with Crippen LogP contribution in [0.1, 0.15) is 23.8 Å². The van der Waals surface area contributed by atoms with Crippen LogP contribution in [0, 0.1) is 24.4 Å². The molecule has 0 bridgehead atoms. The number of aliphatic hydroxyl groups is 1. The van der Waals surface area contributed by atoms with E-state index in [4.69, 9.17) is 37.4 Å². The van der Waals surface area contributed by atoms with E-state index < -0.39 is 54.5 Å². The quantitative estimate of drug-likeness (QED) is 0.209. The molecule has 42 heavy (non-hydrogen) atoms. The van der Waals surface area contributed by atoms with E-state index in [9.17, 15) is 18.3 Å². The molecular weight excluding hydrogens is 600 g/mol. The zero-order valence-electron chi connectivity index (χ0n) is 22.3. The summed E-state index contributed by atoms with van der Waals surface area (Å²) in [5.74, 6) is -3.67. The maximum atomic E-state index is 14.0. The smallest absolute Gasteiger partial charge is 0.194 e. The van der Waals surface area contributed by atoms with E-state index in [1.54, 1.807) is 25.1 Å². The summed E-state index contributed by atoms with van der Waals surface area (Å²) in [7, 11) is 1.43. The Morgan fingerprint density at radius 2 is 1.88 bits per heavy atom. The summed E-state index contributed by atoms with van der Waals surface area (Å²) in [5, 5.41) is 23.8. The fraction of sp³-hybridized carbons (Fsp3) is 0.333. The van der Waals surface area contributed by atoms with Gasteiger partial charge in [0.25, 0.3) is 0 Å². The van der Waals surface area contributed by atoms with Crippen molar-refractivity contribution in [1.82, 2.24) is 29.8 Å². The Labute approximate surface area is 248 Å². The Morgan fingerprint density at radius 3 is 2.55 bits per heavy atom. The third-order valence-electron chi connectivity index (χ3n) is 6.74. The van der Waals surface area contributed by atoms with Gasteiger partial charge >= 0.3 is 0 Å². The average molecular weight is 625 g/mol. The standard InChI is InChI=1S/C27H25Cl2F3N6O4/c1-4-7-41-25-23(37-11-19(34-36-37)14-8-17(30)22(32)18(31)9-14)24(40-3)21(12-39)42-26(25)27-33-13(2)35-38(27)20-10-15(28)5-6-16(20)29/h4-6,8-11,21,23-26,39H,1,7,12H2,2-3H3. The molecule has 2 aromatic heterocycles. The lowest BCUT2D eigenvalue weighted by Gasteiger charge is -2.45. The van der Waals surface area contributed by atoms with Crippen molar-refractivity contribution in [3.8, 4) is 16.9 Å². The monoisotopic (exact) mass is 624 g/mol. The number of aryl methyl sites for hydroxylation is 1. The maximum Gasteiger partial charge on any atom is 0.194 e. The highest BCUT2D eigenvalue weighted by molar-refractivity contribution is 6.34. The minimum absolute atomic E-state index is 0.0385. The van der Waals surface area contributed by atoms with E-state index in [0.717, 1.165) is 12.1 Å². The highest BCUT2D eigenvalue weighted by Crippen LogP contribution is 2.42. The molecule has 5 atom stereocenters. The van der Waals surface area contributed by atoms with Crippen LogP contribution in [-0.2, 0) is 14.2 Å². The number of benzene rings is 2. The van der Waals surface area contributed by atoms with Crippen molar-refractivity contribution in [2.24, 2.45) is 0 Å². The van der Waals surface area contributed by atoms with Crippen molar-refractivity contribution >= 4 is 23.2 Å². The lowest BCUT2D eigenvalue weighted by molar-refractivity contribution is -0.227. The number of rotatable bonds is 9. The highest BCUT2D eigenvalue weighted by Gasteiger charge is 2.50. The van der Waals surface area contributed by atoms with Crippen molar-refractivity contribution in [3.05, 3.63) is 88.3 Å². The van der Waals surface area contributed by atoms with E-state index >= 15 is 0 Å². The molecule has 0 spiro atoms. The first-order valence-corrected chi connectivity index (χ1v) is 13.4. The molecule has 222 valence electrons. The average Bonchev–Trinajstić information content (AvgIpc) is 3.62. The van der Waals surface area contributed by atoms with Gasteiger partial charge in [0.2, 0.25) is 0 Å². The maximum absolute atomic E-state index is 14.0. The third kappa shape index (κ3) is 5.68. The molecule has 15 heteroatoms. The predicted molar refractivity (Wildman–Crippen MR) is 146 cm³/mol. The fourth-order valence-electron chi connectivity index (χ4n) is 4.94. The molecule has 1 aliphatic rings. The first kappa shape index (κ1) is 30.1.